The lowest BCUT2D eigenvalue weighted by atomic mass is 9.92. The molecule has 3 aromatic heterocycles. The molecule has 14 heteroatoms. The van der Waals surface area contributed by atoms with E-state index in [1.54, 1.807) is 23.0 Å². The maximum atomic E-state index is 15.2. The Balaban J connectivity index is 1.18. The first-order valence-corrected chi connectivity index (χ1v) is 14.2. The second kappa shape index (κ2) is 10.8. The van der Waals surface area contributed by atoms with Crippen molar-refractivity contribution in [2.24, 2.45) is 0 Å². The Bertz CT molecular complexity index is 1500. The Morgan fingerprint density at radius 2 is 2.07 bits per heavy atom. The molecule has 3 aromatic rings. The minimum absolute atomic E-state index is 0.0816. The van der Waals surface area contributed by atoms with Gasteiger partial charge in [0.1, 0.15) is 17.7 Å². The fraction of sp³-hybridized carbons (Fsp3) is 0.519. The molecule has 0 bridgehead atoms. The van der Waals surface area contributed by atoms with Crippen LogP contribution < -0.4 is 10.6 Å². The van der Waals surface area contributed by atoms with Crippen LogP contribution in [-0.2, 0) is 4.74 Å². The number of alkyl halides is 4. The smallest absolute Gasteiger partial charge is 0.377 e. The largest absolute Gasteiger partial charge is 0.446 e. The summed E-state index contributed by atoms with van der Waals surface area (Å²) < 4.78 is 64.1. The van der Waals surface area contributed by atoms with E-state index in [9.17, 15) is 18.0 Å². The number of hydrogen-bond donors (Lipinski definition) is 2. The van der Waals surface area contributed by atoms with Crippen molar-refractivity contribution in [3.05, 3.63) is 41.9 Å². The topological polar surface area (TPSA) is 88.7 Å². The summed E-state index contributed by atoms with van der Waals surface area (Å²) >= 11 is -0.301. The third kappa shape index (κ3) is 6.02. The number of thioether (sulfide) groups is 1. The first-order chi connectivity index (χ1) is 19.6. The average molecular weight is 592 g/mol. The number of nitrogens with zero attached hydrogens (tertiary/aromatic N) is 5. The van der Waals surface area contributed by atoms with Crippen molar-refractivity contribution in [2.75, 3.05) is 38.2 Å². The van der Waals surface area contributed by atoms with E-state index in [1.807, 2.05) is 0 Å². The summed E-state index contributed by atoms with van der Waals surface area (Å²) in [5, 5.41) is 14.3. The van der Waals surface area contributed by atoms with E-state index in [0.29, 0.717) is 43.6 Å². The Morgan fingerprint density at radius 1 is 1.27 bits per heavy atom. The molecule has 0 spiro atoms. The minimum Gasteiger partial charge on any atom is -0.377 e. The lowest BCUT2D eigenvalue weighted by Crippen LogP contribution is -2.64. The van der Waals surface area contributed by atoms with Crippen molar-refractivity contribution in [1.82, 2.24) is 29.6 Å². The van der Waals surface area contributed by atoms with Gasteiger partial charge in [0.25, 0.3) is 5.91 Å². The van der Waals surface area contributed by atoms with Crippen LogP contribution in [0, 0.1) is 11.8 Å². The van der Waals surface area contributed by atoms with Gasteiger partial charge in [0, 0.05) is 19.3 Å². The van der Waals surface area contributed by atoms with Crippen LogP contribution in [0.25, 0.3) is 5.52 Å². The van der Waals surface area contributed by atoms with E-state index in [0.717, 1.165) is 12.8 Å². The van der Waals surface area contributed by atoms with E-state index in [4.69, 9.17) is 4.74 Å². The highest BCUT2D eigenvalue weighted by Crippen LogP contribution is 2.41. The van der Waals surface area contributed by atoms with Gasteiger partial charge < -0.3 is 15.4 Å². The molecule has 2 atom stereocenters. The molecule has 41 heavy (non-hydrogen) atoms. The van der Waals surface area contributed by atoms with Gasteiger partial charge in [-0.2, -0.15) is 23.4 Å². The normalized spacial score (nSPS) is 22.6. The maximum absolute atomic E-state index is 15.2. The van der Waals surface area contributed by atoms with Crippen LogP contribution in [0.2, 0.25) is 0 Å². The van der Waals surface area contributed by atoms with Crippen molar-refractivity contribution < 1.29 is 27.1 Å². The summed E-state index contributed by atoms with van der Waals surface area (Å²) in [6.07, 6.45) is 4.55. The summed E-state index contributed by atoms with van der Waals surface area (Å²) in [6.45, 7) is 4.02. The van der Waals surface area contributed by atoms with Gasteiger partial charge in [0.05, 0.1) is 59.6 Å². The summed E-state index contributed by atoms with van der Waals surface area (Å²) in [4.78, 5) is 14.3. The number of likely N-dealkylation sites (tertiary alicyclic amines) is 1. The Kier molecular flexibility index (Phi) is 7.37. The van der Waals surface area contributed by atoms with Gasteiger partial charge in [-0.05, 0) is 56.0 Å². The number of fused-ring (bicyclic) bond motifs is 1. The Labute approximate surface area is 238 Å². The molecule has 9 nitrogen and oxygen atoms in total. The number of amides is 1. The van der Waals surface area contributed by atoms with E-state index in [2.05, 4.69) is 44.5 Å². The monoisotopic (exact) mass is 591 g/mol. The Morgan fingerprint density at radius 3 is 2.76 bits per heavy atom. The number of carbonyl (C=O) groups is 1. The summed E-state index contributed by atoms with van der Waals surface area (Å²) in [6, 6.07) is 4.59. The molecule has 3 fully saturated rings. The van der Waals surface area contributed by atoms with E-state index >= 15 is 4.39 Å². The van der Waals surface area contributed by atoms with Gasteiger partial charge >= 0.3 is 5.51 Å². The maximum Gasteiger partial charge on any atom is 0.446 e. The van der Waals surface area contributed by atoms with E-state index in [-0.39, 0.29) is 52.4 Å². The highest BCUT2D eigenvalue weighted by atomic mass is 32.2. The number of piperidine rings is 1. The molecule has 218 valence electrons. The molecule has 2 N–H and O–H groups in total. The van der Waals surface area contributed by atoms with Gasteiger partial charge in [-0.1, -0.05) is 12.0 Å². The van der Waals surface area contributed by atoms with Gasteiger partial charge in [-0.15, -0.1) is 0 Å². The molecular formula is C27H29F4N7O2S. The van der Waals surface area contributed by atoms with Crippen molar-refractivity contribution in [2.45, 2.75) is 60.4 Å². The second-order valence-electron chi connectivity index (χ2n) is 10.8. The molecule has 6 rings (SSSR count). The van der Waals surface area contributed by atoms with E-state index in [1.165, 1.54) is 16.8 Å². The fourth-order valence-corrected chi connectivity index (χ4v) is 5.81. The summed E-state index contributed by atoms with van der Waals surface area (Å²) in [5.74, 6) is 5.39. The number of rotatable bonds is 7. The number of aromatic nitrogens is 4. The van der Waals surface area contributed by atoms with Gasteiger partial charge in [0.15, 0.2) is 0 Å². The highest BCUT2D eigenvalue weighted by molar-refractivity contribution is 8.00. The van der Waals surface area contributed by atoms with Crippen LogP contribution in [0.5, 0.6) is 0 Å². The molecule has 0 aromatic carbocycles. The third-order valence-electron chi connectivity index (χ3n) is 7.62. The molecule has 0 radical (unpaired) electrons. The van der Waals surface area contributed by atoms with Crippen LogP contribution in [0.15, 0.2) is 35.5 Å². The number of pyridine rings is 1. The third-order valence-corrected chi connectivity index (χ3v) is 8.46. The number of carbonyl (C=O) groups excluding carboxylic acids is 1. The molecule has 0 unspecified atom stereocenters. The average Bonchev–Trinajstić information content (AvgIpc) is 3.54. The lowest BCUT2D eigenvalue weighted by molar-refractivity contribution is -0.142. The second-order valence-corrected chi connectivity index (χ2v) is 11.9. The SMILES string of the molecule is CC1(N2CC[C@@H](Nc3cccc4c(SC(F)(F)F)c(C#CCNC(=O)c5cnn(C6CC6)c5)nn34)[C@@H](F)C2)COC1. The molecular weight excluding hydrogens is 562 g/mol. The van der Waals surface area contributed by atoms with Crippen LogP contribution in [0.1, 0.15) is 48.3 Å². The minimum atomic E-state index is -4.57. The number of ether oxygens (including phenoxy) is 1. The first-order valence-electron chi connectivity index (χ1n) is 13.4. The molecule has 5 heterocycles. The number of halogens is 4. The highest BCUT2D eigenvalue weighted by Gasteiger charge is 2.43. The zero-order valence-corrected chi connectivity index (χ0v) is 23.1. The van der Waals surface area contributed by atoms with Crippen molar-refractivity contribution in [1.29, 1.82) is 0 Å². The molecule has 2 saturated heterocycles. The summed E-state index contributed by atoms with van der Waals surface area (Å²) in [7, 11) is 0. The van der Waals surface area contributed by atoms with Gasteiger partial charge in [-0.25, -0.2) is 8.91 Å². The molecule has 3 aliphatic rings. The van der Waals surface area contributed by atoms with Crippen molar-refractivity contribution >= 4 is 29.0 Å². The number of nitrogens with one attached hydrogen (secondary N) is 2. The zero-order chi connectivity index (χ0) is 28.8. The first kappa shape index (κ1) is 27.9. The van der Waals surface area contributed by atoms with Gasteiger partial charge in [-0.3, -0.25) is 14.4 Å². The van der Waals surface area contributed by atoms with Crippen LogP contribution in [-0.4, -0.2) is 86.3 Å². The predicted molar refractivity (Wildman–Crippen MR) is 145 cm³/mol. The van der Waals surface area contributed by atoms with Crippen molar-refractivity contribution in [3.63, 3.8) is 0 Å². The number of anilines is 1. The molecule has 1 saturated carbocycles. The van der Waals surface area contributed by atoms with Crippen LogP contribution in [0.4, 0.5) is 23.4 Å². The van der Waals surface area contributed by atoms with E-state index < -0.39 is 17.7 Å². The number of hydrogen-bond acceptors (Lipinski definition) is 7. The van der Waals surface area contributed by atoms with Crippen LogP contribution in [0.3, 0.4) is 0 Å². The molecule has 1 amide bonds. The van der Waals surface area contributed by atoms with Crippen LogP contribution >= 0.6 is 11.8 Å². The standard InChI is InChI=1S/C27H29F4N7O2S/c1-26(15-40-16-26)36-11-9-20(19(28)14-36)34-23-6-2-5-22-24(41-27(29,30)31)21(35-38(22)23)4-3-10-32-25(39)17-12-33-37(13-17)18-7-8-18/h2,5-6,12-13,18-20,34H,7-11,14-16H2,1H3,(H,32,39)/t19-,20+/m0/s1. The Hall–Kier alpha value is -3.28. The van der Waals surface area contributed by atoms with Crippen molar-refractivity contribution in [3.8, 4) is 11.8 Å². The molecule has 2 aliphatic heterocycles. The predicted octanol–water partition coefficient (Wildman–Crippen LogP) is 3.87. The summed E-state index contributed by atoms with van der Waals surface area (Å²) in [5.41, 5.74) is -4.22. The zero-order valence-electron chi connectivity index (χ0n) is 22.2. The quantitative estimate of drug-likeness (QED) is 0.245. The lowest BCUT2D eigenvalue weighted by Gasteiger charge is -2.50. The fourth-order valence-electron chi connectivity index (χ4n) is 5.13. The molecule has 1 aliphatic carbocycles. The van der Waals surface area contributed by atoms with Gasteiger partial charge in [0.2, 0.25) is 0 Å².